The minimum absolute atomic E-state index is 0.00438. The minimum Gasteiger partial charge on any atom is -0.348 e. The van der Waals surface area contributed by atoms with E-state index >= 15 is 0 Å². The van der Waals surface area contributed by atoms with Crippen LogP contribution in [0.25, 0.3) is 0 Å². The van der Waals surface area contributed by atoms with Crippen molar-refractivity contribution < 1.29 is 13.6 Å². The lowest BCUT2D eigenvalue weighted by atomic mass is 10.0. The third-order valence-electron chi connectivity index (χ3n) is 2.81. The van der Waals surface area contributed by atoms with Crippen LogP contribution in [0, 0.1) is 17.6 Å². The van der Waals surface area contributed by atoms with Crippen molar-refractivity contribution in [2.75, 3.05) is 0 Å². The van der Waals surface area contributed by atoms with Crippen molar-refractivity contribution in [1.82, 2.24) is 5.32 Å². The number of carbonyl (C=O) groups excluding carboxylic acids is 1. The first-order valence-electron chi connectivity index (χ1n) is 5.83. The highest BCUT2D eigenvalue weighted by molar-refractivity contribution is 5.82. The zero-order valence-electron chi connectivity index (χ0n) is 10.7. The van der Waals surface area contributed by atoms with Crippen LogP contribution in [0.1, 0.15) is 32.4 Å². The summed E-state index contributed by atoms with van der Waals surface area (Å²) in [4.78, 5) is 11.7. The Labute approximate surface area is 105 Å². The van der Waals surface area contributed by atoms with E-state index in [1.165, 1.54) is 6.07 Å². The molecule has 0 heterocycles. The SMILES string of the molecule is CC(C)[C@@H](N)C(=O)N[C@H](C)c1ccc(F)cc1F. The smallest absolute Gasteiger partial charge is 0.237 e. The van der Waals surface area contributed by atoms with E-state index in [-0.39, 0.29) is 17.4 Å². The zero-order valence-corrected chi connectivity index (χ0v) is 10.7. The quantitative estimate of drug-likeness (QED) is 0.867. The topological polar surface area (TPSA) is 55.1 Å². The number of nitrogens with two attached hydrogens (primary N) is 1. The Kier molecular flexibility index (Phi) is 4.78. The molecule has 0 aliphatic heterocycles. The highest BCUT2D eigenvalue weighted by Gasteiger charge is 2.20. The number of nitrogens with one attached hydrogen (secondary N) is 1. The molecule has 0 spiro atoms. The average Bonchev–Trinajstić information content (AvgIpc) is 2.27. The van der Waals surface area contributed by atoms with E-state index < -0.39 is 23.7 Å². The minimum atomic E-state index is -0.680. The fraction of sp³-hybridized carbons (Fsp3) is 0.462. The van der Waals surface area contributed by atoms with Gasteiger partial charge in [-0.05, 0) is 18.9 Å². The van der Waals surface area contributed by atoms with E-state index in [0.29, 0.717) is 0 Å². The van der Waals surface area contributed by atoms with E-state index in [0.717, 1.165) is 12.1 Å². The van der Waals surface area contributed by atoms with Crippen LogP contribution in [-0.4, -0.2) is 11.9 Å². The summed E-state index contributed by atoms with van der Waals surface area (Å²) in [6, 6.07) is 2.07. The molecule has 5 heteroatoms. The number of hydrogen-bond donors (Lipinski definition) is 2. The second-order valence-corrected chi connectivity index (χ2v) is 4.67. The molecule has 0 saturated heterocycles. The summed E-state index contributed by atoms with van der Waals surface area (Å²) in [6.45, 7) is 5.28. The molecule has 0 aromatic heterocycles. The fourth-order valence-corrected chi connectivity index (χ4v) is 1.54. The van der Waals surface area contributed by atoms with Gasteiger partial charge >= 0.3 is 0 Å². The molecule has 0 radical (unpaired) electrons. The van der Waals surface area contributed by atoms with E-state index in [1.54, 1.807) is 6.92 Å². The number of rotatable bonds is 4. The van der Waals surface area contributed by atoms with Gasteiger partial charge in [-0.15, -0.1) is 0 Å². The highest BCUT2D eigenvalue weighted by atomic mass is 19.1. The summed E-state index contributed by atoms with van der Waals surface area (Å²) >= 11 is 0. The normalized spacial score (nSPS) is 14.4. The van der Waals surface area contributed by atoms with Gasteiger partial charge < -0.3 is 11.1 Å². The van der Waals surface area contributed by atoms with Gasteiger partial charge in [0.1, 0.15) is 11.6 Å². The van der Waals surface area contributed by atoms with Crippen molar-refractivity contribution in [3.8, 4) is 0 Å². The molecule has 1 amide bonds. The molecule has 0 aliphatic carbocycles. The number of benzene rings is 1. The summed E-state index contributed by atoms with van der Waals surface area (Å²) in [6.07, 6.45) is 0. The molecule has 0 bridgehead atoms. The largest absolute Gasteiger partial charge is 0.348 e. The first kappa shape index (κ1) is 14.6. The number of amides is 1. The Balaban J connectivity index is 2.76. The van der Waals surface area contributed by atoms with Crippen LogP contribution in [-0.2, 0) is 4.79 Å². The van der Waals surface area contributed by atoms with Crippen LogP contribution in [0.5, 0.6) is 0 Å². The van der Waals surface area contributed by atoms with Gasteiger partial charge in [-0.1, -0.05) is 19.9 Å². The second kappa shape index (κ2) is 5.91. The van der Waals surface area contributed by atoms with E-state index in [2.05, 4.69) is 5.32 Å². The Hall–Kier alpha value is -1.49. The molecule has 2 atom stereocenters. The number of halogens is 2. The predicted molar refractivity (Wildman–Crippen MR) is 65.7 cm³/mol. The second-order valence-electron chi connectivity index (χ2n) is 4.67. The van der Waals surface area contributed by atoms with Crippen LogP contribution < -0.4 is 11.1 Å². The summed E-state index contributed by atoms with van der Waals surface area (Å²) in [7, 11) is 0. The van der Waals surface area contributed by atoms with Crippen LogP contribution in [0.4, 0.5) is 8.78 Å². The molecule has 0 fully saturated rings. The van der Waals surface area contributed by atoms with Crippen LogP contribution in [0.15, 0.2) is 18.2 Å². The van der Waals surface area contributed by atoms with Crippen LogP contribution in [0.2, 0.25) is 0 Å². The van der Waals surface area contributed by atoms with Crippen molar-refractivity contribution in [3.63, 3.8) is 0 Å². The Morgan fingerprint density at radius 2 is 1.89 bits per heavy atom. The van der Waals surface area contributed by atoms with Gasteiger partial charge in [-0.3, -0.25) is 4.79 Å². The maximum atomic E-state index is 13.5. The average molecular weight is 256 g/mol. The van der Waals surface area contributed by atoms with Gasteiger partial charge in [0.15, 0.2) is 0 Å². The molecule has 1 aromatic carbocycles. The highest BCUT2D eigenvalue weighted by Crippen LogP contribution is 2.17. The molecule has 3 N–H and O–H groups in total. The van der Waals surface area contributed by atoms with Crippen LogP contribution in [0.3, 0.4) is 0 Å². The number of carbonyl (C=O) groups is 1. The molecule has 18 heavy (non-hydrogen) atoms. The zero-order chi connectivity index (χ0) is 13.9. The van der Waals surface area contributed by atoms with Gasteiger partial charge in [0.05, 0.1) is 12.1 Å². The molecular formula is C13H18F2N2O. The van der Waals surface area contributed by atoms with Gasteiger partial charge in [-0.25, -0.2) is 8.78 Å². The third-order valence-corrected chi connectivity index (χ3v) is 2.81. The van der Waals surface area contributed by atoms with Crippen LogP contribution >= 0.6 is 0 Å². The first-order chi connectivity index (χ1) is 8.32. The van der Waals surface area contributed by atoms with Gasteiger partial charge in [0.2, 0.25) is 5.91 Å². The van der Waals surface area contributed by atoms with Crippen molar-refractivity contribution in [3.05, 3.63) is 35.4 Å². The Morgan fingerprint density at radius 3 is 2.39 bits per heavy atom. The Morgan fingerprint density at radius 1 is 1.28 bits per heavy atom. The van der Waals surface area contributed by atoms with Crippen molar-refractivity contribution >= 4 is 5.91 Å². The molecule has 1 rings (SSSR count). The lowest BCUT2D eigenvalue weighted by molar-refractivity contribution is -0.123. The van der Waals surface area contributed by atoms with E-state index in [1.807, 2.05) is 13.8 Å². The predicted octanol–water partition coefficient (Wildman–Crippen LogP) is 2.13. The summed E-state index contributed by atoms with van der Waals surface area (Å²) in [5.74, 6) is -1.67. The maximum absolute atomic E-state index is 13.5. The van der Waals surface area contributed by atoms with Crippen molar-refractivity contribution in [2.24, 2.45) is 11.7 Å². The summed E-state index contributed by atoms with van der Waals surface area (Å²) in [5.41, 5.74) is 5.92. The van der Waals surface area contributed by atoms with E-state index in [9.17, 15) is 13.6 Å². The van der Waals surface area contributed by atoms with Crippen molar-refractivity contribution in [1.29, 1.82) is 0 Å². The third kappa shape index (κ3) is 3.50. The van der Waals surface area contributed by atoms with Gasteiger partial charge in [0.25, 0.3) is 0 Å². The van der Waals surface area contributed by atoms with Crippen molar-refractivity contribution in [2.45, 2.75) is 32.9 Å². The molecule has 0 aliphatic rings. The standard InChI is InChI=1S/C13H18F2N2O/c1-7(2)12(16)13(18)17-8(3)10-5-4-9(14)6-11(10)15/h4-8,12H,16H2,1-3H3,(H,17,18)/t8-,12-/m1/s1. The molecule has 100 valence electrons. The molecule has 3 nitrogen and oxygen atoms in total. The molecule has 0 unspecified atom stereocenters. The summed E-state index contributed by atoms with van der Waals surface area (Å²) < 4.78 is 26.2. The first-order valence-corrected chi connectivity index (χ1v) is 5.83. The fourth-order valence-electron chi connectivity index (χ4n) is 1.54. The number of hydrogen-bond acceptors (Lipinski definition) is 2. The summed E-state index contributed by atoms with van der Waals surface area (Å²) in [5, 5.41) is 2.61. The molecular weight excluding hydrogens is 238 g/mol. The molecule has 0 saturated carbocycles. The monoisotopic (exact) mass is 256 g/mol. The maximum Gasteiger partial charge on any atom is 0.237 e. The van der Waals surface area contributed by atoms with Gasteiger partial charge in [-0.2, -0.15) is 0 Å². The lowest BCUT2D eigenvalue weighted by Crippen LogP contribution is -2.44. The molecule has 1 aromatic rings. The van der Waals surface area contributed by atoms with E-state index in [4.69, 9.17) is 5.73 Å². The lowest BCUT2D eigenvalue weighted by Gasteiger charge is -2.20. The van der Waals surface area contributed by atoms with Gasteiger partial charge in [0, 0.05) is 11.6 Å². The Bertz CT molecular complexity index is 435.